The van der Waals surface area contributed by atoms with Crippen LogP contribution in [0.15, 0.2) is 5.38 Å². The van der Waals surface area contributed by atoms with E-state index in [2.05, 4.69) is 20.6 Å². The molecule has 0 atom stereocenters. The third kappa shape index (κ3) is 4.23. The summed E-state index contributed by atoms with van der Waals surface area (Å²) in [5.41, 5.74) is 1.27. The van der Waals surface area contributed by atoms with Gasteiger partial charge in [-0.15, -0.1) is 22.7 Å². The van der Waals surface area contributed by atoms with E-state index in [1.807, 2.05) is 12.3 Å². The summed E-state index contributed by atoms with van der Waals surface area (Å²) in [5, 5.41) is 17.6. The van der Waals surface area contributed by atoms with Crippen LogP contribution in [-0.2, 0) is 13.1 Å². The highest BCUT2D eigenvalue weighted by atomic mass is 32.1. The zero-order valence-electron chi connectivity index (χ0n) is 11.5. The number of carbonyl (C=O) groups excluding carboxylic acids is 1. The smallest absolute Gasteiger partial charge is 0.347 e. The van der Waals surface area contributed by atoms with Crippen LogP contribution in [0, 0.1) is 13.8 Å². The van der Waals surface area contributed by atoms with E-state index in [1.54, 1.807) is 6.92 Å². The van der Waals surface area contributed by atoms with E-state index in [1.165, 1.54) is 11.3 Å². The van der Waals surface area contributed by atoms with E-state index in [0.717, 1.165) is 22.0 Å². The van der Waals surface area contributed by atoms with Gasteiger partial charge in [-0.05, 0) is 13.8 Å². The predicted molar refractivity (Wildman–Crippen MR) is 79.7 cm³/mol. The molecule has 2 aromatic heterocycles. The molecule has 21 heavy (non-hydrogen) atoms. The number of nitrogens with zero attached hydrogens (tertiary/aromatic N) is 2. The van der Waals surface area contributed by atoms with Crippen LogP contribution < -0.4 is 10.6 Å². The number of hydrogen-bond donors (Lipinski definition) is 3. The van der Waals surface area contributed by atoms with Gasteiger partial charge < -0.3 is 15.7 Å². The second kappa shape index (κ2) is 6.64. The Morgan fingerprint density at radius 1 is 1.24 bits per heavy atom. The van der Waals surface area contributed by atoms with Crippen molar-refractivity contribution in [2.75, 3.05) is 0 Å². The number of aryl methyl sites for hydroxylation is 2. The number of urea groups is 1. The van der Waals surface area contributed by atoms with Crippen LogP contribution in [0.4, 0.5) is 4.79 Å². The first-order chi connectivity index (χ1) is 9.95. The minimum atomic E-state index is -1.00. The molecular formula is C12H14N4O3S2. The molecule has 2 amide bonds. The van der Waals surface area contributed by atoms with Crippen molar-refractivity contribution in [2.24, 2.45) is 0 Å². The summed E-state index contributed by atoms with van der Waals surface area (Å²) in [6, 6.07) is -0.342. The van der Waals surface area contributed by atoms with Crippen molar-refractivity contribution in [1.29, 1.82) is 0 Å². The fraction of sp³-hybridized carbons (Fsp3) is 0.333. The number of nitrogens with one attached hydrogen (secondary N) is 2. The van der Waals surface area contributed by atoms with Crippen molar-refractivity contribution in [2.45, 2.75) is 26.9 Å². The molecule has 0 aromatic carbocycles. The molecule has 0 saturated carbocycles. The Hall–Kier alpha value is -2.00. The SMILES string of the molecule is Cc1nc(CNC(=O)NCc2nc(C)c(C(=O)O)s2)cs1. The lowest BCUT2D eigenvalue weighted by Crippen LogP contribution is -2.34. The van der Waals surface area contributed by atoms with E-state index in [4.69, 9.17) is 5.11 Å². The molecule has 0 spiro atoms. The van der Waals surface area contributed by atoms with Crippen LogP contribution in [0.1, 0.15) is 31.1 Å². The number of hydrogen-bond acceptors (Lipinski definition) is 6. The Kier molecular flexibility index (Phi) is 4.86. The first kappa shape index (κ1) is 15.4. The monoisotopic (exact) mass is 326 g/mol. The number of amides is 2. The molecule has 0 saturated heterocycles. The molecule has 3 N–H and O–H groups in total. The lowest BCUT2D eigenvalue weighted by atomic mass is 10.4. The first-order valence-electron chi connectivity index (χ1n) is 6.08. The maximum Gasteiger partial charge on any atom is 0.347 e. The van der Waals surface area contributed by atoms with Crippen molar-refractivity contribution in [3.8, 4) is 0 Å². The molecule has 0 radical (unpaired) electrons. The standard InChI is InChI=1S/C12H14N4O3S2/c1-6-10(11(17)18)21-9(15-6)4-14-12(19)13-3-8-5-20-7(2)16-8/h5H,3-4H2,1-2H3,(H,17,18)(H2,13,14,19). The number of aromatic nitrogens is 2. The first-order valence-corrected chi connectivity index (χ1v) is 7.77. The van der Waals surface area contributed by atoms with Gasteiger partial charge in [0.2, 0.25) is 0 Å². The van der Waals surface area contributed by atoms with E-state index >= 15 is 0 Å². The fourth-order valence-electron chi connectivity index (χ4n) is 1.60. The average molecular weight is 326 g/mol. The van der Waals surface area contributed by atoms with Gasteiger partial charge in [0.15, 0.2) is 0 Å². The van der Waals surface area contributed by atoms with Crippen LogP contribution in [-0.4, -0.2) is 27.1 Å². The highest BCUT2D eigenvalue weighted by Gasteiger charge is 2.14. The highest BCUT2D eigenvalue weighted by Crippen LogP contribution is 2.17. The van der Waals surface area contributed by atoms with Crippen molar-refractivity contribution >= 4 is 34.7 Å². The zero-order valence-corrected chi connectivity index (χ0v) is 13.1. The van der Waals surface area contributed by atoms with Crippen LogP contribution in [0.3, 0.4) is 0 Å². The van der Waals surface area contributed by atoms with Crippen molar-refractivity contribution in [1.82, 2.24) is 20.6 Å². The second-order valence-electron chi connectivity index (χ2n) is 4.22. The summed E-state index contributed by atoms with van der Waals surface area (Å²) in [4.78, 5) is 31.1. The Bertz CT molecular complexity index is 665. The van der Waals surface area contributed by atoms with E-state index in [9.17, 15) is 9.59 Å². The van der Waals surface area contributed by atoms with Crippen LogP contribution in [0.5, 0.6) is 0 Å². The molecule has 0 aliphatic heterocycles. The summed E-state index contributed by atoms with van der Waals surface area (Å²) < 4.78 is 0. The molecule has 2 rings (SSSR count). The number of carbonyl (C=O) groups is 2. The minimum absolute atomic E-state index is 0.195. The van der Waals surface area contributed by atoms with Crippen molar-refractivity contribution in [3.05, 3.63) is 31.7 Å². The summed E-state index contributed by atoms with van der Waals surface area (Å²) in [5.74, 6) is -1.00. The molecule has 0 aliphatic rings. The second-order valence-corrected chi connectivity index (χ2v) is 6.37. The fourth-order valence-corrected chi connectivity index (χ4v) is 3.06. The normalized spacial score (nSPS) is 10.4. The molecule has 0 unspecified atom stereocenters. The summed E-state index contributed by atoms with van der Waals surface area (Å²) in [6.45, 7) is 4.08. The van der Waals surface area contributed by atoms with Gasteiger partial charge >= 0.3 is 12.0 Å². The number of thiazole rings is 2. The molecule has 0 fully saturated rings. The molecule has 2 heterocycles. The van der Waals surface area contributed by atoms with E-state index in [-0.39, 0.29) is 17.5 Å². The summed E-state index contributed by atoms with van der Waals surface area (Å²) >= 11 is 2.59. The zero-order chi connectivity index (χ0) is 15.4. The number of carboxylic acid groups (broad SMARTS) is 1. The van der Waals surface area contributed by atoms with Gasteiger partial charge in [-0.25, -0.2) is 19.6 Å². The number of rotatable bonds is 5. The van der Waals surface area contributed by atoms with Crippen LogP contribution in [0.25, 0.3) is 0 Å². The average Bonchev–Trinajstić information content (AvgIpc) is 3.00. The maximum atomic E-state index is 11.6. The highest BCUT2D eigenvalue weighted by molar-refractivity contribution is 7.13. The van der Waals surface area contributed by atoms with Gasteiger partial charge in [-0.2, -0.15) is 0 Å². The summed E-state index contributed by atoms with van der Waals surface area (Å²) in [6.07, 6.45) is 0. The molecule has 0 aliphatic carbocycles. The van der Waals surface area contributed by atoms with Gasteiger partial charge in [-0.3, -0.25) is 0 Å². The van der Waals surface area contributed by atoms with Gasteiger partial charge in [0.1, 0.15) is 9.88 Å². The lowest BCUT2D eigenvalue weighted by Gasteiger charge is -2.04. The molecule has 0 bridgehead atoms. The molecular weight excluding hydrogens is 312 g/mol. The summed E-state index contributed by atoms with van der Waals surface area (Å²) in [7, 11) is 0. The number of carboxylic acids is 1. The Balaban J connectivity index is 1.81. The minimum Gasteiger partial charge on any atom is -0.477 e. The van der Waals surface area contributed by atoms with Gasteiger partial charge in [0.25, 0.3) is 0 Å². The molecule has 9 heteroatoms. The molecule has 2 aromatic rings. The van der Waals surface area contributed by atoms with Crippen LogP contribution in [0.2, 0.25) is 0 Å². The third-order valence-electron chi connectivity index (χ3n) is 2.53. The quantitative estimate of drug-likeness (QED) is 0.778. The Morgan fingerprint density at radius 3 is 2.52 bits per heavy atom. The molecule has 112 valence electrons. The van der Waals surface area contributed by atoms with Gasteiger partial charge in [0, 0.05) is 5.38 Å². The van der Waals surface area contributed by atoms with Gasteiger partial charge in [-0.1, -0.05) is 0 Å². The Morgan fingerprint density at radius 2 is 1.95 bits per heavy atom. The largest absolute Gasteiger partial charge is 0.477 e. The van der Waals surface area contributed by atoms with E-state index < -0.39 is 5.97 Å². The van der Waals surface area contributed by atoms with E-state index in [0.29, 0.717) is 17.2 Å². The van der Waals surface area contributed by atoms with Gasteiger partial charge in [0.05, 0.1) is 29.5 Å². The predicted octanol–water partition coefficient (Wildman–Crippen LogP) is 1.91. The maximum absolute atomic E-state index is 11.6. The lowest BCUT2D eigenvalue weighted by molar-refractivity contribution is 0.0701. The van der Waals surface area contributed by atoms with Crippen LogP contribution >= 0.6 is 22.7 Å². The Labute approximate surface area is 129 Å². The third-order valence-corrected chi connectivity index (χ3v) is 4.50. The molecule has 7 nitrogen and oxygen atoms in total. The number of aromatic carboxylic acids is 1. The topological polar surface area (TPSA) is 104 Å². The van der Waals surface area contributed by atoms with Crippen molar-refractivity contribution < 1.29 is 14.7 Å². The van der Waals surface area contributed by atoms with Crippen molar-refractivity contribution in [3.63, 3.8) is 0 Å².